The summed E-state index contributed by atoms with van der Waals surface area (Å²) in [5.41, 5.74) is 2.03. The molecular weight excluding hydrogens is 250 g/mol. The number of phenols is 1. The van der Waals surface area contributed by atoms with Gasteiger partial charge in [-0.25, -0.2) is 0 Å². The van der Waals surface area contributed by atoms with Crippen molar-refractivity contribution in [1.82, 2.24) is 0 Å². The van der Waals surface area contributed by atoms with Crippen LogP contribution in [0.2, 0.25) is 0 Å². The zero-order valence-electron chi connectivity index (χ0n) is 12.0. The van der Waals surface area contributed by atoms with Crippen molar-refractivity contribution >= 4 is 11.6 Å². The van der Waals surface area contributed by atoms with E-state index in [9.17, 15) is 9.90 Å². The number of hydrogen-bond donors (Lipinski definition) is 2. The van der Waals surface area contributed by atoms with Crippen LogP contribution in [0.1, 0.15) is 20.8 Å². The molecule has 3 nitrogen and oxygen atoms in total. The lowest BCUT2D eigenvalue weighted by Crippen LogP contribution is -2.27. The molecule has 2 N–H and O–H groups in total. The van der Waals surface area contributed by atoms with E-state index in [0.29, 0.717) is 0 Å². The van der Waals surface area contributed by atoms with Crippen molar-refractivity contribution in [2.75, 3.05) is 5.32 Å². The van der Waals surface area contributed by atoms with Crippen molar-refractivity contribution in [1.29, 1.82) is 0 Å². The van der Waals surface area contributed by atoms with Crippen molar-refractivity contribution in [3.8, 4) is 16.9 Å². The van der Waals surface area contributed by atoms with Crippen molar-refractivity contribution < 1.29 is 9.90 Å². The Labute approximate surface area is 119 Å². The van der Waals surface area contributed by atoms with Crippen LogP contribution >= 0.6 is 0 Å². The molecule has 0 fully saturated rings. The first-order chi connectivity index (χ1) is 9.38. The summed E-state index contributed by atoms with van der Waals surface area (Å²) in [6.07, 6.45) is 0. The number of aromatic hydroxyl groups is 1. The normalized spacial score (nSPS) is 11.2. The molecule has 0 aliphatic carbocycles. The number of benzene rings is 2. The molecule has 3 heteroatoms. The number of nitrogens with one attached hydrogen (secondary N) is 1. The van der Waals surface area contributed by atoms with Gasteiger partial charge in [0.25, 0.3) is 0 Å². The van der Waals surface area contributed by atoms with Crippen LogP contribution in [0.25, 0.3) is 11.1 Å². The zero-order valence-corrected chi connectivity index (χ0v) is 12.0. The average Bonchev–Trinajstić information content (AvgIpc) is 2.39. The second-order valence-electron chi connectivity index (χ2n) is 5.80. The molecule has 0 atom stereocenters. The number of para-hydroxylation sites is 1. The standard InChI is InChI=1S/C17H19NO2/c1-17(2,3)16(20)18-13-10-8-12(9-11-13)14-6-4-5-7-15(14)19/h4-11,19H,1-3H3,(H,18,20). The molecule has 0 spiro atoms. The van der Waals surface area contributed by atoms with Gasteiger partial charge < -0.3 is 10.4 Å². The highest BCUT2D eigenvalue weighted by molar-refractivity contribution is 5.94. The van der Waals surface area contributed by atoms with E-state index in [0.717, 1.165) is 16.8 Å². The van der Waals surface area contributed by atoms with Crippen LogP contribution in [0, 0.1) is 5.41 Å². The van der Waals surface area contributed by atoms with Crippen LogP contribution in [0.15, 0.2) is 48.5 Å². The summed E-state index contributed by atoms with van der Waals surface area (Å²) in [5, 5.41) is 12.7. The summed E-state index contributed by atoms with van der Waals surface area (Å²) < 4.78 is 0. The van der Waals surface area contributed by atoms with E-state index in [2.05, 4.69) is 5.32 Å². The molecule has 20 heavy (non-hydrogen) atoms. The summed E-state index contributed by atoms with van der Waals surface area (Å²) in [7, 11) is 0. The Morgan fingerprint density at radius 1 is 1.00 bits per heavy atom. The minimum absolute atomic E-state index is 0.0205. The molecule has 2 aromatic carbocycles. The average molecular weight is 269 g/mol. The van der Waals surface area contributed by atoms with Crippen molar-refractivity contribution in [3.63, 3.8) is 0 Å². The monoisotopic (exact) mass is 269 g/mol. The molecule has 0 aliphatic rings. The van der Waals surface area contributed by atoms with Gasteiger partial charge in [-0.05, 0) is 23.8 Å². The molecule has 0 saturated heterocycles. The summed E-state index contributed by atoms with van der Waals surface area (Å²) in [6, 6.07) is 14.6. The summed E-state index contributed by atoms with van der Waals surface area (Å²) in [6.45, 7) is 5.62. The molecule has 0 aliphatic heterocycles. The summed E-state index contributed by atoms with van der Waals surface area (Å²) in [5.74, 6) is 0.229. The van der Waals surface area contributed by atoms with Gasteiger partial charge in [-0.2, -0.15) is 0 Å². The SMILES string of the molecule is CC(C)(C)C(=O)Nc1ccc(-c2ccccc2O)cc1. The molecule has 0 radical (unpaired) electrons. The first kappa shape index (κ1) is 14.1. The molecule has 0 unspecified atom stereocenters. The number of amides is 1. The van der Waals surface area contributed by atoms with Gasteiger partial charge in [-0.15, -0.1) is 0 Å². The highest BCUT2D eigenvalue weighted by atomic mass is 16.3. The lowest BCUT2D eigenvalue weighted by Gasteiger charge is -2.17. The van der Waals surface area contributed by atoms with Gasteiger partial charge in [-0.3, -0.25) is 4.79 Å². The van der Waals surface area contributed by atoms with Crippen molar-refractivity contribution in [2.45, 2.75) is 20.8 Å². The third-order valence-electron chi connectivity index (χ3n) is 3.04. The fourth-order valence-corrected chi connectivity index (χ4v) is 1.77. The van der Waals surface area contributed by atoms with E-state index in [1.807, 2.05) is 57.2 Å². The van der Waals surface area contributed by atoms with E-state index < -0.39 is 5.41 Å². The number of anilines is 1. The van der Waals surface area contributed by atoms with Gasteiger partial charge in [0.1, 0.15) is 5.75 Å². The lowest BCUT2D eigenvalue weighted by molar-refractivity contribution is -0.123. The molecule has 2 rings (SSSR count). The largest absolute Gasteiger partial charge is 0.507 e. The predicted molar refractivity (Wildman–Crippen MR) is 81.6 cm³/mol. The molecule has 0 heterocycles. The molecule has 0 bridgehead atoms. The maximum absolute atomic E-state index is 11.9. The first-order valence-corrected chi connectivity index (χ1v) is 6.58. The zero-order chi connectivity index (χ0) is 14.8. The van der Waals surface area contributed by atoms with Crippen LogP contribution in [-0.4, -0.2) is 11.0 Å². The number of carbonyl (C=O) groups excluding carboxylic acids is 1. The minimum Gasteiger partial charge on any atom is -0.507 e. The lowest BCUT2D eigenvalue weighted by atomic mass is 9.95. The third kappa shape index (κ3) is 3.18. The Balaban J connectivity index is 2.19. The van der Waals surface area contributed by atoms with Crippen LogP contribution in [0.4, 0.5) is 5.69 Å². The second-order valence-corrected chi connectivity index (χ2v) is 5.80. The molecule has 0 aromatic heterocycles. The minimum atomic E-state index is -0.420. The van der Waals surface area contributed by atoms with Crippen molar-refractivity contribution in [3.05, 3.63) is 48.5 Å². The van der Waals surface area contributed by atoms with Gasteiger partial charge >= 0.3 is 0 Å². The highest BCUT2D eigenvalue weighted by Crippen LogP contribution is 2.29. The quantitative estimate of drug-likeness (QED) is 0.864. The van der Waals surface area contributed by atoms with Crippen LogP contribution in [0.5, 0.6) is 5.75 Å². The maximum Gasteiger partial charge on any atom is 0.229 e. The van der Waals surface area contributed by atoms with E-state index >= 15 is 0 Å². The molecule has 0 saturated carbocycles. The van der Waals surface area contributed by atoms with Gasteiger partial charge in [0, 0.05) is 16.7 Å². The fraction of sp³-hybridized carbons (Fsp3) is 0.235. The molecule has 2 aromatic rings. The Kier molecular flexibility index (Phi) is 3.79. The number of rotatable bonds is 2. The van der Waals surface area contributed by atoms with E-state index in [-0.39, 0.29) is 11.7 Å². The van der Waals surface area contributed by atoms with Gasteiger partial charge in [-0.1, -0.05) is 51.1 Å². The third-order valence-corrected chi connectivity index (χ3v) is 3.04. The van der Waals surface area contributed by atoms with Crippen LogP contribution < -0.4 is 5.32 Å². The number of phenolic OH excluding ortho intramolecular Hbond substituents is 1. The number of carbonyl (C=O) groups is 1. The molecular formula is C17H19NO2. The van der Waals surface area contributed by atoms with Crippen molar-refractivity contribution in [2.24, 2.45) is 5.41 Å². The van der Waals surface area contributed by atoms with E-state index in [4.69, 9.17) is 0 Å². The predicted octanol–water partition coefficient (Wildman–Crippen LogP) is 4.04. The molecule has 104 valence electrons. The summed E-state index contributed by atoms with van der Waals surface area (Å²) >= 11 is 0. The Morgan fingerprint density at radius 2 is 1.60 bits per heavy atom. The topological polar surface area (TPSA) is 49.3 Å². The smallest absolute Gasteiger partial charge is 0.229 e. The second kappa shape index (κ2) is 5.37. The number of hydrogen-bond acceptors (Lipinski definition) is 2. The van der Waals surface area contributed by atoms with Gasteiger partial charge in [0.15, 0.2) is 0 Å². The first-order valence-electron chi connectivity index (χ1n) is 6.58. The highest BCUT2D eigenvalue weighted by Gasteiger charge is 2.21. The van der Waals surface area contributed by atoms with Gasteiger partial charge in [0.05, 0.1) is 0 Å². The fourth-order valence-electron chi connectivity index (χ4n) is 1.77. The van der Waals surface area contributed by atoms with Gasteiger partial charge in [0.2, 0.25) is 5.91 Å². The molecule has 1 amide bonds. The Morgan fingerprint density at radius 3 is 2.15 bits per heavy atom. The Hall–Kier alpha value is -2.29. The maximum atomic E-state index is 11.9. The Bertz CT molecular complexity index is 610. The van der Waals surface area contributed by atoms with E-state index in [1.165, 1.54) is 0 Å². The summed E-state index contributed by atoms with van der Waals surface area (Å²) in [4.78, 5) is 11.9. The van der Waals surface area contributed by atoms with E-state index in [1.54, 1.807) is 12.1 Å². The van der Waals surface area contributed by atoms with Crippen LogP contribution in [0.3, 0.4) is 0 Å². The van der Waals surface area contributed by atoms with Crippen LogP contribution in [-0.2, 0) is 4.79 Å².